The molecule has 1 fully saturated rings. The lowest BCUT2D eigenvalue weighted by molar-refractivity contribution is -0.132. The third kappa shape index (κ3) is 4.62. The Morgan fingerprint density at radius 3 is 2.80 bits per heavy atom. The number of carbonyl (C=O) groups is 1. The molecule has 0 spiro atoms. The number of rotatable bonds is 7. The molecule has 1 aromatic heterocycles. The molecule has 1 atom stereocenters. The summed E-state index contributed by atoms with van der Waals surface area (Å²) in [7, 11) is 1.67. The van der Waals surface area contributed by atoms with Gasteiger partial charge < -0.3 is 9.64 Å². The maximum absolute atomic E-state index is 12.6. The monoisotopic (exact) mass is 341 g/mol. The number of benzene rings is 1. The topological polar surface area (TPSA) is 47.4 Å². The van der Waals surface area contributed by atoms with Crippen molar-refractivity contribution in [2.24, 2.45) is 0 Å². The van der Waals surface area contributed by atoms with Crippen LogP contribution in [0.4, 0.5) is 0 Å². The Bertz CT molecular complexity index is 693. The Balaban J connectivity index is 1.47. The Morgan fingerprint density at radius 1 is 1.32 bits per heavy atom. The molecule has 134 valence electrons. The lowest BCUT2D eigenvalue weighted by Gasteiger charge is -2.24. The van der Waals surface area contributed by atoms with Crippen LogP contribution in [-0.4, -0.2) is 40.3 Å². The molecule has 2 heterocycles. The van der Waals surface area contributed by atoms with Crippen LogP contribution in [0.15, 0.2) is 36.7 Å². The van der Waals surface area contributed by atoms with Gasteiger partial charge in [0.15, 0.2) is 0 Å². The van der Waals surface area contributed by atoms with Gasteiger partial charge >= 0.3 is 0 Å². The van der Waals surface area contributed by atoms with E-state index >= 15 is 0 Å². The van der Waals surface area contributed by atoms with E-state index in [9.17, 15) is 4.79 Å². The highest BCUT2D eigenvalue weighted by atomic mass is 16.5. The normalized spacial score (nSPS) is 17.0. The van der Waals surface area contributed by atoms with Crippen LogP contribution in [0.5, 0.6) is 5.75 Å². The quantitative estimate of drug-likeness (QED) is 0.777. The van der Waals surface area contributed by atoms with Gasteiger partial charge in [0.25, 0.3) is 0 Å². The van der Waals surface area contributed by atoms with E-state index in [0.29, 0.717) is 6.42 Å². The molecular weight excluding hydrogens is 314 g/mol. The van der Waals surface area contributed by atoms with Crippen LogP contribution in [0.2, 0.25) is 0 Å². The number of aromatic nitrogens is 2. The molecule has 1 aliphatic rings. The summed E-state index contributed by atoms with van der Waals surface area (Å²) in [5, 5.41) is 4.36. The third-order valence-electron chi connectivity index (χ3n) is 4.87. The van der Waals surface area contributed by atoms with Gasteiger partial charge in [-0.2, -0.15) is 5.10 Å². The first kappa shape index (κ1) is 17.5. The largest absolute Gasteiger partial charge is 0.497 e. The van der Waals surface area contributed by atoms with Gasteiger partial charge in [-0.1, -0.05) is 12.1 Å². The average molecular weight is 341 g/mol. The van der Waals surface area contributed by atoms with Crippen molar-refractivity contribution in [2.75, 3.05) is 13.7 Å². The van der Waals surface area contributed by atoms with Crippen LogP contribution in [0.3, 0.4) is 0 Å². The molecule has 25 heavy (non-hydrogen) atoms. The maximum atomic E-state index is 12.6. The molecule has 0 bridgehead atoms. The molecule has 5 heteroatoms. The predicted octanol–water partition coefficient (Wildman–Crippen LogP) is 3.21. The van der Waals surface area contributed by atoms with Gasteiger partial charge in [0.2, 0.25) is 5.91 Å². The van der Waals surface area contributed by atoms with Gasteiger partial charge in [0, 0.05) is 19.2 Å². The second-order valence-electron chi connectivity index (χ2n) is 6.82. The number of ether oxygens (including phenoxy) is 1. The number of methoxy groups -OCH3 is 1. The maximum Gasteiger partial charge on any atom is 0.222 e. The van der Waals surface area contributed by atoms with Crippen LogP contribution in [0, 0.1) is 6.92 Å². The molecule has 1 aliphatic heterocycles. The summed E-state index contributed by atoms with van der Waals surface area (Å²) in [6.45, 7) is 3.73. The zero-order valence-corrected chi connectivity index (χ0v) is 15.1. The van der Waals surface area contributed by atoms with Crippen molar-refractivity contribution in [3.05, 3.63) is 47.8 Å². The number of amides is 1. The second kappa shape index (κ2) is 8.19. The van der Waals surface area contributed by atoms with Crippen LogP contribution < -0.4 is 4.74 Å². The second-order valence-corrected chi connectivity index (χ2v) is 6.82. The molecule has 0 unspecified atom stereocenters. The number of carbonyl (C=O) groups excluding carboxylic acids is 1. The van der Waals surface area contributed by atoms with Crippen molar-refractivity contribution in [1.82, 2.24) is 14.7 Å². The summed E-state index contributed by atoms with van der Waals surface area (Å²) in [4.78, 5) is 14.7. The van der Waals surface area contributed by atoms with Crippen LogP contribution in [0.25, 0.3) is 0 Å². The fourth-order valence-electron chi connectivity index (χ4n) is 3.52. The van der Waals surface area contributed by atoms with E-state index in [2.05, 4.69) is 22.1 Å². The first-order valence-electron chi connectivity index (χ1n) is 9.07. The van der Waals surface area contributed by atoms with Crippen molar-refractivity contribution in [1.29, 1.82) is 0 Å². The number of hydrogen-bond acceptors (Lipinski definition) is 3. The summed E-state index contributed by atoms with van der Waals surface area (Å²) in [5.41, 5.74) is 2.41. The smallest absolute Gasteiger partial charge is 0.222 e. The summed E-state index contributed by atoms with van der Waals surface area (Å²) >= 11 is 0. The van der Waals surface area contributed by atoms with Crippen molar-refractivity contribution in [2.45, 2.75) is 51.6 Å². The highest BCUT2D eigenvalue weighted by molar-refractivity contribution is 5.76. The third-order valence-corrected chi connectivity index (χ3v) is 4.87. The van der Waals surface area contributed by atoms with Gasteiger partial charge in [-0.15, -0.1) is 0 Å². The molecule has 0 saturated carbocycles. The zero-order valence-electron chi connectivity index (χ0n) is 15.1. The number of likely N-dealkylation sites (tertiary alicyclic amines) is 1. The molecule has 0 N–H and O–H groups in total. The SMILES string of the molecule is COc1ccc(CCCC(=O)N2CCC[C@H]2Cn2cc(C)cn2)cc1. The van der Waals surface area contributed by atoms with Gasteiger partial charge in [-0.25, -0.2) is 0 Å². The molecule has 0 aliphatic carbocycles. The lowest BCUT2D eigenvalue weighted by atomic mass is 10.1. The van der Waals surface area contributed by atoms with Crippen molar-refractivity contribution in [3.63, 3.8) is 0 Å². The van der Waals surface area contributed by atoms with Gasteiger partial charge in [-0.05, 0) is 55.9 Å². The Labute approximate surface area is 149 Å². The Kier molecular flexibility index (Phi) is 5.74. The predicted molar refractivity (Wildman–Crippen MR) is 97.6 cm³/mol. The molecule has 5 nitrogen and oxygen atoms in total. The molecule has 1 aromatic carbocycles. The number of aryl methyl sites for hydroxylation is 2. The molecule has 1 amide bonds. The van der Waals surface area contributed by atoms with Gasteiger partial charge in [0.1, 0.15) is 5.75 Å². The van der Waals surface area contributed by atoms with E-state index in [1.807, 2.05) is 36.1 Å². The van der Waals surface area contributed by atoms with Gasteiger partial charge in [0.05, 0.1) is 25.9 Å². The van der Waals surface area contributed by atoms with Gasteiger partial charge in [-0.3, -0.25) is 9.48 Å². The summed E-state index contributed by atoms with van der Waals surface area (Å²) in [5.74, 6) is 1.15. The van der Waals surface area contributed by atoms with E-state index < -0.39 is 0 Å². The average Bonchev–Trinajstić information content (AvgIpc) is 3.25. The first-order chi connectivity index (χ1) is 12.2. The fraction of sp³-hybridized carbons (Fsp3) is 0.500. The Morgan fingerprint density at radius 2 is 2.12 bits per heavy atom. The molecular formula is C20H27N3O2. The number of nitrogens with zero attached hydrogens (tertiary/aromatic N) is 3. The van der Waals surface area contributed by atoms with E-state index in [-0.39, 0.29) is 11.9 Å². The van der Waals surface area contributed by atoms with Crippen LogP contribution >= 0.6 is 0 Å². The first-order valence-corrected chi connectivity index (χ1v) is 9.07. The minimum atomic E-state index is 0.278. The van der Waals surface area contributed by atoms with Crippen LogP contribution in [-0.2, 0) is 17.8 Å². The van der Waals surface area contributed by atoms with Crippen molar-refractivity contribution >= 4 is 5.91 Å². The van der Waals surface area contributed by atoms with Crippen molar-refractivity contribution < 1.29 is 9.53 Å². The molecule has 2 aromatic rings. The summed E-state index contributed by atoms with van der Waals surface area (Å²) < 4.78 is 7.13. The lowest BCUT2D eigenvalue weighted by Crippen LogP contribution is -2.38. The van der Waals surface area contributed by atoms with E-state index in [4.69, 9.17) is 4.74 Å². The summed E-state index contributed by atoms with van der Waals surface area (Å²) in [6, 6.07) is 8.37. The fourth-order valence-corrected chi connectivity index (χ4v) is 3.52. The number of hydrogen-bond donors (Lipinski definition) is 0. The standard InChI is InChI=1S/C20H27N3O2/c1-16-13-21-22(14-16)15-18-6-4-12-23(18)20(24)7-3-5-17-8-10-19(25-2)11-9-17/h8-11,13-14,18H,3-7,12,15H2,1-2H3/t18-/m0/s1. The van der Waals surface area contributed by atoms with Crippen molar-refractivity contribution in [3.8, 4) is 5.75 Å². The van der Waals surface area contributed by atoms with E-state index in [1.54, 1.807) is 7.11 Å². The zero-order chi connectivity index (χ0) is 17.6. The highest BCUT2D eigenvalue weighted by Crippen LogP contribution is 2.21. The molecule has 1 saturated heterocycles. The Hall–Kier alpha value is -2.30. The molecule has 0 radical (unpaired) electrons. The minimum Gasteiger partial charge on any atom is -0.497 e. The minimum absolute atomic E-state index is 0.278. The van der Waals surface area contributed by atoms with Crippen LogP contribution in [0.1, 0.15) is 36.8 Å². The van der Waals surface area contributed by atoms with E-state index in [1.165, 1.54) is 5.56 Å². The highest BCUT2D eigenvalue weighted by Gasteiger charge is 2.28. The summed E-state index contributed by atoms with van der Waals surface area (Å²) in [6.07, 6.45) is 8.50. The molecule has 3 rings (SSSR count). The van der Waals surface area contributed by atoms with E-state index in [0.717, 1.165) is 50.1 Å².